The molecule has 0 spiro atoms. The van der Waals surface area contributed by atoms with Crippen LogP contribution in [-0.2, 0) is 14.7 Å². The van der Waals surface area contributed by atoms with Crippen molar-refractivity contribution in [3.63, 3.8) is 0 Å². The van der Waals surface area contributed by atoms with Crippen LogP contribution in [0.3, 0.4) is 0 Å². The molecule has 0 aliphatic carbocycles. The highest BCUT2D eigenvalue weighted by molar-refractivity contribution is 6.62. The van der Waals surface area contributed by atoms with E-state index in [2.05, 4.69) is 31.1 Å². The van der Waals surface area contributed by atoms with E-state index < -0.39 is 18.3 Å². The second-order valence-corrected chi connectivity index (χ2v) is 11.8. The fourth-order valence-electron chi connectivity index (χ4n) is 4.19. The zero-order valence-corrected chi connectivity index (χ0v) is 24.8. The third-order valence-electron chi connectivity index (χ3n) is 7.29. The number of pyridine rings is 1. The minimum Gasteiger partial charge on any atom is -0.399 e. The van der Waals surface area contributed by atoms with Crippen molar-refractivity contribution < 1.29 is 14.1 Å². The number of carbonyl (C=O) groups is 1. The highest BCUT2D eigenvalue weighted by atomic mass is 16.7. The Bertz CT molecular complexity index is 1460. The quantitative estimate of drug-likeness (QED) is 0.343. The summed E-state index contributed by atoms with van der Waals surface area (Å²) in [5.74, 6) is 0.326. The molecule has 0 saturated carbocycles. The van der Waals surface area contributed by atoms with E-state index in [0.717, 1.165) is 22.4 Å². The van der Waals surface area contributed by atoms with Crippen LogP contribution in [0.4, 0.5) is 5.82 Å². The SMILES string of the molecule is CC.Cc1ccc(-n2nc(C(C)(C)C)cc2NC(=O)c2cnc3cc(B4OC(C)(C)C(C)(C)O4)ccn23)cc1. The van der Waals surface area contributed by atoms with Gasteiger partial charge in [0.05, 0.1) is 28.8 Å². The van der Waals surface area contributed by atoms with Crippen LogP contribution in [0.15, 0.2) is 54.9 Å². The first-order valence-corrected chi connectivity index (χ1v) is 13.6. The molecule has 4 aromatic rings. The third-order valence-corrected chi connectivity index (χ3v) is 7.29. The minimum absolute atomic E-state index is 0.178. The van der Waals surface area contributed by atoms with Crippen molar-refractivity contribution in [3.05, 3.63) is 71.8 Å². The Hall–Kier alpha value is -3.43. The van der Waals surface area contributed by atoms with E-state index in [0.29, 0.717) is 17.2 Å². The Kier molecular flexibility index (Phi) is 7.53. The summed E-state index contributed by atoms with van der Waals surface area (Å²) >= 11 is 0. The van der Waals surface area contributed by atoms with Crippen LogP contribution >= 0.6 is 0 Å². The monoisotopic (exact) mass is 529 g/mol. The summed E-state index contributed by atoms with van der Waals surface area (Å²) in [7, 11) is -0.497. The Morgan fingerprint density at radius 3 is 2.18 bits per heavy atom. The number of nitrogens with one attached hydrogen (secondary N) is 1. The van der Waals surface area contributed by atoms with Crippen LogP contribution in [0.2, 0.25) is 0 Å². The van der Waals surface area contributed by atoms with Crippen molar-refractivity contribution in [1.29, 1.82) is 0 Å². The third kappa shape index (κ3) is 5.51. The molecule has 1 amide bonds. The highest BCUT2D eigenvalue weighted by Crippen LogP contribution is 2.36. The first-order chi connectivity index (χ1) is 18.2. The molecule has 5 rings (SSSR count). The van der Waals surface area contributed by atoms with Gasteiger partial charge in [0, 0.05) is 17.7 Å². The molecule has 1 aliphatic heterocycles. The summed E-state index contributed by atoms with van der Waals surface area (Å²) in [5.41, 5.74) is 3.79. The average molecular weight is 529 g/mol. The van der Waals surface area contributed by atoms with E-state index in [1.807, 2.05) is 97.1 Å². The molecule has 1 aliphatic rings. The number of imidazole rings is 1. The van der Waals surface area contributed by atoms with Crippen LogP contribution in [0.5, 0.6) is 0 Å². The Morgan fingerprint density at radius 2 is 1.59 bits per heavy atom. The maximum Gasteiger partial charge on any atom is 0.495 e. The number of carbonyl (C=O) groups excluding carboxylic acids is 1. The molecule has 4 heterocycles. The molecule has 8 nitrogen and oxygen atoms in total. The molecular formula is C30H40BN5O3. The maximum absolute atomic E-state index is 13.4. The molecule has 206 valence electrons. The standard InChI is InChI=1S/C28H34BN5O3.C2H6/c1-18-9-11-20(12-10-18)34-24(16-22(32-34)26(2,3)4)31-25(35)21-17-30-23-15-19(13-14-33(21)23)29-36-27(5,6)28(7,8)37-29;1-2/h9-17H,1-8H3,(H,31,35);1-2H3. The molecule has 9 heteroatoms. The van der Waals surface area contributed by atoms with Crippen LogP contribution in [0, 0.1) is 6.92 Å². The zero-order valence-electron chi connectivity index (χ0n) is 24.8. The first kappa shape index (κ1) is 28.6. The van der Waals surface area contributed by atoms with Gasteiger partial charge in [-0.2, -0.15) is 5.10 Å². The second kappa shape index (κ2) is 10.3. The zero-order chi connectivity index (χ0) is 28.8. The van der Waals surface area contributed by atoms with Gasteiger partial charge in [0.2, 0.25) is 0 Å². The number of hydrogen-bond acceptors (Lipinski definition) is 5. The van der Waals surface area contributed by atoms with Gasteiger partial charge in [0.1, 0.15) is 17.2 Å². The molecule has 1 N–H and O–H groups in total. The van der Waals surface area contributed by atoms with Crippen molar-refractivity contribution in [3.8, 4) is 5.69 Å². The molecule has 0 unspecified atom stereocenters. The predicted octanol–water partition coefficient (Wildman–Crippen LogP) is 5.70. The molecule has 0 atom stereocenters. The van der Waals surface area contributed by atoms with E-state index in [1.54, 1.807) is 15.3 Å². The molecule has 39 heavy (non-hydrogen) atoms. The summed E-state index contributed by atoms with van der Waals surface area (Å²) < 4.78 is 15.9. The van der Waals surface area contributed by atoms with Crippen LogP contribution in [0.1, 0.15) is 84.1 Å². The molecule has 1 aromatic carbocycles. The van der Waals surface area contributed by atoms with E-state index >= 15 is 0 Å². The molecular weight excluding hydrogens is 489 g/mol. The summed E-state index contributed by atoms with van der Waals surface area (Å²) in [6.07, 6.45) is 3.41. The first-order valence-electron chi connectivity index (χ1n) is 13.6. The molecule has 3 aromatic heterocycles. The van der Waals surface area contributed by atoms with Crippen LogP contribution < -0.4 is 10.8 Å². The predicted molar refractivity (Wildman–Crippen MR) is 157 cm³/mol. The van der Waals surface area contributed by atoms with Gasteiger partial charge in [-0.15, -0.1) is 0 Å². The number of benzene rings is 1. The lowest BCUT2D eigenvalue weighted by Gasteiger charge is -2.32. The molecule has 1 fully saturated rings. The fourth-order valence-corrected chi connectivity index (χ4v) is 4.19. The molecule has 0 bridgehead atoms. The van der Waals surface area contributed by atoms with E-state index in [9.17, 15) is 4.79 Å². The smallest absolute Gasteiger partial charge is 0.399 e. The van der Waals surface area contributed by atoms with Crippen molar-refractivity contribution >= 4 is 30.0 Å². The van der Waals surface area contributed by atoms with Gasteiger partial charge in [0.15, 0.2) is 0 Å². The van der Waals surface area contributed by atoms with Gasteiger partial charge < -0.3 is 14.6 Å². The second-order valence-electron chi connectivity index (χ2n) is 11.8. The number of fused-ring (bicyclic) bond motifs is 1. The molecule has 1 saturated heterocycles. The fraction of sp³-hybridized carbons (Fsp3) is 0.433. The number of nitrogens with zero attached hydrogens (tertiary/aromatic N) is 4. The van der Waals surface area contributed by atoms with Crippen molar-refractivity contribution in [2.45, 2.75) is 85.9 Å². The van der Waals surface area contributed by atoms with Gasteiger partial charge in [-0.3, -0.25) is 9.20 Å². The normalized spacial score (nSPS) is 16.2. The topological polar surface area (TPSA) is 82.7 Å². The number of aryl methyl sites for hydroxylation is 1. The van der Waals surface area contributed by atoms with E-state index in [4.69, 9.17) is 14.4 Å². The lowest BCUT2D eigenvalue weighted by molar-refractivity contribution is 0.00578. The summed E-state index contributed by atoms with van der Waals surface area (Å²) in [6, 6.07) is 13.8. The summed E-state index contributed by atoms with van der Waals surface area (Å²) in [4.78, 5) is 17.9. The van der Waals surface area contributed by atoms with Gasteiger partial charge in [0.25, 0.3) is 5.91 Å². The number of rotatable bonds is 4. The van der Waals surface area contributed by atoms with Gasteiger partial charge >= 0.3 is 7.12 Å². The van der Waals surface area contributed by atoms with Crippen LogP contribution in [-0.4, -0.2) is 43.4 Å². The Labute approximate surface area is 231 Å². The number of aromatic nitrogens is 4. The van der Waals surface area contributed by atoms with Crippen molar-refractivity contribution in [2.75, 3.05) is 5.32 Å². The average Bonchev–Trinajstić information content (AvgIpc) is 3.54. The van der Waals surface area contributed by atoms with Gasteiger partial charge in [-0.1, -0.05) is 52.3 Å². The molecule has 0 radical (unpaired) electrons. The minimum atomic E-state index is -0.497. The summed E-state index contributed by atoms with van der Waals surface area (Å²) in [5, 5.41) is 7.86. The lowest BCUT2D eigenvalue weighted by Crippen LogP contribution is -2.41. The summed E-state index contributed by atoms with van der Waals surface area (Å²) in [6.45, 7) is 20.4. The van der Waals surface area contributed by atoms with E-state index in [1.165, 1.54) is 0 Å². The van der Waals surface area contributed by atoms with Crippen molar-refractivity contribution in [1.82, 2.24) is 19.2 Å². The van der Waals surface area contributed by atoms with Crippen LogP contribution in [0.25, 0.3) is 11.3 Å². The number of amides is 1. The van der Waals surface area contributed by atoms with Gasteiger partial charge in [-0.25, -0.2) is 9.67 Å². The highest BCUT2D eigenvalue weighted by Gasteiger charge is 2.51. The number of anilines is 1. The largest absolute Gasteiger partial charge is 0.495 e. The van der Waals surface area contributed by atoms with Crippen molar-refractivity contribution in [2.24, 2.45) is 0 Å². The van der Waals surface area contributed by atoms with Gasteiger partial charge in [-0.05, 0) is 64.3 Å². The Morgan fingerprint density at radius 1 is 0.974 bits per heavy atom. The maximum atomic E-state index is 13.4. The number of hydrogen-bond donors (Lipinski definition) is 1. The van der Waals surface area contributed by atoms with E-state index in [-0.39, 0.29) is 11.3 Å². The lowest BCUT2D eigenvalue weighted by atomic mass is 9.80. The Balaban J connectivity index is 0.00000172.